The van der Waals surface area contributed by atoms with Gasteiger partial charge < -0.3 is 5.32 Å². The van der Waals surface area contributed by atoms with Gasteiger partial charge in [-0.05, 0) is 43.6 Å². The van der Waals surface area contributed by atoms with Gasteiger partial charge in [-0.25, -0.2) is 13.9 Å². The van der Waals surface area contributed by atoms with Crippen molar-refractivity contribution in [3.8, 4) is 10.4 Å². The number of fused-ring (bicyclic) bond motifs is 2. The van der Waals surface area contributed by atoms with Gasteiger partial charge in [-0.1, -0.05) is 11.3 Å². The van der Waals surface area contributed by atoms with Gasteiger partial charge in [0.2, 0.25) is 4.96 Å². The molecule has 0 spiro atoms. The zero-order valence-electron chi connectivity index (χ0n) is 13.7. The highest BCUT2D eigenvalue weighted by molar-refractivity contribution is 7.20. The van der Waals surface area contributed by atoms with Crippen LogP contribution < -0.4 is 5.32 Å². The zero-order valence-corrected chi connectivity index (χ0v) is 14.6. The van der Waals surface area contributed by atoms with E-state index in [2.05, 4.69) is 15.5 Å². The van der Waals surface area contributed by atoms with Crippen LogP contribution in [0.15, 0.2) is 24.5 Å². The summed E-state index contributed by atoms with van der Waals surface area (Å²) in [6.07, 6.45) is 5.92. The Labute approximate surface area is 147 Å². The molecule has 25 heavy (non-hydrogen) atoms. The number of thiazole rings is 1. The number of piperidine rings is 1. The number of rotatable bonds is 2. The SMILES string of the molecule is Cn1cc2cc(-c3cn4nc(C5CCNCC5)nc4s3)cc(F)c2n1. The Morgan fingerprint density at radius 2 is 2.04 bits per heavy atom. The highest BCUT2D eigenvalue weighted by Crippen LogP contribution is 2.32. The van der Waals surface area contributed by atoms with Gasteiger partial charge in [0, 0.05) is 30.7 Å². The molecule has 6 nitrogen and oxygen atoms in total. The number of hydrogen-bond donors (Lipinski definition) is 1. The van der Waals surface area contributed by atoms with Gasteiger partial charge >= 0.3 is 0 Å². The molecule has 0 atom stereocenters. The number of aryl methyl sites for hydroxylation is 1. The minimum atomic E-state index is -0.303. The van der Waals surface area contributed by atoms with Crippen molar-refractivity contribution in [2.45, 2.75) is 18.8 Å². The van der Waals surface area contributed by atoms with E-state index < -0.39 is 0 Å². The standard InChI is InChI=1S/C17H17FN6S/c1-23-8-12-6-11(7-13(18)15(12)21-23)14-9-24-17(25-14)20-16(22-24)10-2-4-19-5-3-10/h6-10,19H,2-5H2,1H3. The van der Waals surface area contributed by atoms with E-state index in [1.807, 2.05) is 23.0 Å². The van der Waals surface area contributed by atoms with Crippen LogP contribution in [-0.4, -0.2) is 37.5 Å². The van der Waals surface area contributed by atoms with Gasteiger partial charge in [0.1, 0.15) is 5.52 Å². The Hall–Kier alpha value is -2.32. The van der Waals surface area contributed by atoms with Gasteiger partial charge in [0.25, 0.3) is 0 Å². The fourth-order valence-electron chi connectivity index (χ4n) is 3.46. The molecular weight excluding hydrogens is 339 g/mol. The molecular formula is C17H17FN6S. The Bertz CT molecular complexity index is 1040. The fraction of sp³-hybridized carbons (Fsp3) is 0.353. The smallest absolute Gasteiger partial charge is 0.212 e. The lowest BCUT2D eigenvalue weighted by Crippen LogP contribution is -2.27. The minimum Gasteiger partial charge on any atom is -0.317 e. The number of aromatic nitrogens is 5. The van der Waals surface area contributed by atoms with E-state index in [1.54, 1.807) is 11.7 Å². The molecule has 0 radical (unpaired) electrons. The van der Waals surface area contributed by atoms with E-state index in [-0.39, 0.29) is 5.82 Å². The van der Waals surface area contributed by atoms with Crippen LogP contribution in [0.2, 0.25) is 0 Å². The van der Waals surface area contributed by atoms with Gasteiger partial charge in [-0.2, -0.15) is 10.2 Å². The average molecular weight is 356 g/mol. The molecule has 1 aromatic carbocycles. The molecule has 0 unspecified atom stereocenters. The summed E-state index contributed by atoms with van der Waals surface area (Å²) >= 11 is 1.54. The van der Waals surface area contributed by atoms with Gasteiger partial charge in [-0.15, -0.1) is 0 Å². The van der Waals surface area contributed by atoms with Crippen LogP contribution in [0.3, 0.4) is 0 Å². The molecule has 4 aromatic rings. The van der Waals surface area contributed by atoms with Gasteiger partial charge in [0.05, 0.1) is 4.88 Å². The maximum absolute atomic E-state index is 14.3. The molecule has 1 fully saturated rings. The predicted octanol–water partition coefficient (Wildman–Crippen LogP) is 2.95. The van der Waals surface area contributed by atoms with Crippen molar-refractivity contribution in [2.24, 2.45) is 7.05 Å². The van der Waals surface area contributed by atoms with Gasteiger partial charge in [-0.3, -0.25) is 4.68 Å². The first-order valence-corrected chi connectivity index (χ1v) is 9.19. The molecule has 1 aliphatic heterocycles. The second-order valence-corrected chi connectivity index (χ2v) is 7.52. The molecule has 0 bridgehead atoms. The Balaban J connectivity index is 1.53. The van der Waals surface area contributed by atoms with Crippen molar-refractivity contribution >= 4 is 27.2 Å². The second kappa shape index (κ2) is 5.60. The summed E-state index contributed by atoms with van der Waals surface area (Å²) in [6, 6.07) is 3.50. The van der Waals surface area contributed by atoms with E-state index in [4.69, 9.17) is 4.98 Å². The summed E-state index contributed by atoms with van der Waals surface area (Å²) < 4.78 is 17.8. The summed E-state index contributed by atoms with van der Waals surface area (Å²) in [6.45, 7) is 2.04. The van der Waals surface area contributed by atoms with Crippen LogP contribution >= 0.6 is 11.3 Å². The Kier molecular flexibility index (Phi) is 3.36. The normalized spacial score (nSPS) is 16.2. The fourth-order valence-corrected chi connectivity index (χ4v) is 4.37. The highest BCUT2D eigenvalue weighted by Gasteiger charge is 2.21. The molecule has 4 heterocycles. The molecule has 3 aromatic heterocycles. The van der Waals surface area contributed by atoms with Gasteiger partial charge in [0.15, 0.2) is 11.6 Å². The lowest BCUT2D eigenvalue weighted by molar-refractivity contribution is 0.445. The maximum atomic E-state index is 14.3. The molecule has 1 aliphatic rings. The number of benzene rings is 1. The van der Waals surface area contributed by atoms with Crippen LogP contribution in [-0.2, 0) is 7.05 Å². The topological polar surface area (TPSA) is 60.0 Å². The Morgan fingerprint density at radius 3 is 2.84 bits per heavy atom. The van der Waals surface area contributed by atoms with E-state index in [0.29, 0.717) is 11.4 Å². The molecule has 0 amide bonds. The number of hydrogen-bond acceptors (Lipinski definition) is 5. The third-order valence-electron chi connectivity index (χ3n) is 4.72. The lowest BCUT2D eigenvalue weighted by Gasteiger charge is -2.19. The van der Waals surface area contributed by atoms with Crippen molar-refractivity contribution in [3.63, 3.8) is 0 Å². The van der Waals surface area contributed by atoms with Crippen molar-refractivity contribution in [3.05, 3.63) is 36.2 Å². The molecule has 0 aliphatic carbocycles. The summed E-state index contributed by atoms with van der Waals surface area (Å²) in [4.78, 5) is 6.52. The summed E-state index contributed by atoms with van der Waals surface area (Å²) in [5.41, 5.74) is 1.23. The van der Waals surface area contributed by atoms with E-state index in [1.165, 1.54) is 17.4 Å². The predicted molar refractivity (Wildman–Crippen MR) is 95.4 cm³/mol. The largest absolute Gasteiger partial charge is 0.317 e. The lowest BCUT2D eigenvalue weighted by atomic mass is 9.98. The van der Waals surface area contributed by atoms with Crippen LogP contribution in [0, 0.1) is 5.82 Å². The van der Waals surface area contributed by atoms with Crippen LogP contribution in [0.4, 0.5) is 4.39 Å². The number of halogens is 1. The van der Waals surface area contributed by atoms with E-state index in [9.17, 15) is 4.39 Å². The third kappa shape index (κ3) is 2.52. The Morgan fingerprint density at radius 1 is 1.20 bits per heavy atom. The molecule has 5 rings (SSSR count). The van der Waals surface area contributed by atoms with Crippen LogP contribution in [0.1, 0.15) is 24.6 Å². The monoisotopic (exact) mass is 356 g/mol. The summed E-state index contributed by atoms with van der Waals surface area (Å²) in [7, 11) is 1.80. The minimum absolute atomic E-state index is 0.303. The van der Waals surface area contributed by atoms with Crippen molar-refractivity contribution in [1.29, 1.82) is 0 Å². The van der Waals surface area contributed by atoms with Crippen molar-refractivity contribution in [2.75, 3.05) is 13.1 Å². The first kappa shape index (κ1) is 15.0. The average Bonchev–Trinajstić information content (AvgIpc) is 3.27. The van der Waals surface area contributed by atoms with Crippen molar-refractivity contribution < 1.29 is 4.39 Å². The first-order valence-electron chi connectivity index (χ1n) is 8.37. The number of nitrogens with zero attached hydrogens (tertiary/aromatic N) is 5. The molecule has 1 N–H and O–H groups in total. The first-order chi connectivity index (χ1) is 12.2. The quantitative estimate of drug-likeness (QED) is 0.600. The molecule has 0 saturated carbocycles. The van der Waals surface area contributed by atoms with Crippen molar-refractivity contribution in [1.82, 2.24) is 29.7 Å². The second-order valence-electron chi connectivity index (χ2n) is 6.52. The highest BCUT2D eigenvalue weighted by atomic mass is 32.1. The summed E-state index contributed by atoms with van der Waals surface area (Å²) in [5.74, 6) is 1.05. The summed E-state index contributed by atoms with van der Waals surface area (Å²) in [5, 5.41) is 13.0. The maximum Gasteiger partial charge on any atom is 0.212 e. The zero-order chi connectivity index (χ0) is 17.0. The van der Waals surface area contributed by atoms with Crippen LogP contribution in [0.25, 0.3) is 26.3 Å². The molecule has 128 valence electrons. The number of nitrogens with one attached hydrogen (secondary N) is 1. The van der Waals surface area contributed by atoms with E-state index in [0.717, 1.165) is 52.5 Å². The molecule has 1 saturated heterocycles. The third-order valence-corrected chi connectivity index (χ3v) is 5.74. The van der Waals surface area contributed by atoms with Crippen LogP contribution in [0.5, 0.6) is 0 Å². The van der Waals surface area contributed by atoms with E-state index >= 15 is 0 Å². The molecule has 8 heteroatoms.